The lowest BCUT2D eigenvalue weighted by Crippen LogP contribution is -2.01. The van der Waals surface area contributed by atoms with E-state index in [0.717, 1.165) is 3.57 Å². The van der Waals surface area contributed by atoms with Crippen molar-refractivity contribution in [3.05, 3.63) is 61.7 Å². The number of halogens is 1. The van der Waals surface area contributed by atoms with Gasteiger partial charge in [0.1, 0.15) is 0 Å². The van der Waals surface area contributed by atoms with Crippen LogP contribution in [0.15, 0.2) is 47.5 Å². The van der Waals surface area contributed by atoms with Crippen LogP contribution in [0.2, 0.25) is 0 Å². The number of para-hydroxylation sites is 1. The minimum absolute atomic E-state index is 0.202. The number of hydrogen-bond acceptors (Lipinski definition) is 4. The van der Waals surface area contributed by atoms with Gasteiger partial charge in [-0.05, 0) is 58.2 Å². The summed E-state index contributed by atoms with van der Waals surface area (Å²) >= 11 is 2.18. The first-order valence-corrected chi connectivity index (χ1v) is 6.40. The number of hydrogen-bond donors (Lipinski definition) is 0. The molecule has 0 fully saturated rings. The van der Waals surface area contributed by atoms with Gasteiger partial charge in [0, 0.05) is 15.9 Å². The summed E-state index contributed by atoms with van der Waals surface area (Å²) in [5.41, 5.74) is 0.450. The van der Waals surface area contributed by atoms with E-state index < -0.39 is 16.4 Å². The fourth-order valence-electron chi connectivity index (χ4n) is 1.46. The molecule has 2 aromatic rings. The maximum Gasteiger partial charge on any atom is 0.262 e. The standard InChI is InChI=1S/C13H9IN2O3/c14-10-4-6-11(7-5-10)15-8-9-2-1-3-12(13(9)17)16(18)19/h1-8,17H/p-1. The van der Waals surface area contributed by atoms with Gasteiger partial charge < -0.3 is 5.11 Å². The first kappa shape index (κ1) is 13.5. The van der Waals surface area contributed by atoms with Crippen LogP contribution < -0.4 is 5.11 Å². The van der Waals surface area contributed by atoms with E-state index in [4.69, 9.17) is 0 Å². The van der Waals surface area contributed by atoms with Crippen molar-refractivity contribution in [3.8, 4) is 5.75 Å². The predicted octanol–water partition coefficient (Wildman–Crippen LogP) is 3.02. The highest BCUT2D eigenvalue weighted by Gasteiger charge is 2.07. The van der Waals surface area contributed by atoms with Gasteiger partial charge in [0.05, 0.1) is 10.6 Å². The molecule has 5 nitrogen and oxygen atoms in total. The second kappa shape index (κ2) is 5.79. The Labute approximate surface area is 122 Å². The maximum absolute atomic E-state index is 11.8. The van der Waals surface area contributed by atoms with Crippen LogP contribution in [0, 0.1) is 13.7 Å². The van der Waals surface area contributed by atoms with Crippen LogP contribution in [0.3, 0.4) is 0 Å². The van der Waals surface area contributed by atoms with Crippen molar-refractivity contribution in [1.29, 1.82) is 0 Å². The van der Waals surface area contributed by atoms with Crippen LogP contribution in [0.1, 0.15) is 5.56 Å². The first-order valence-electron chi connectivity index (χ1n) is 5.32. The molecule has 0 spiro atoms. The largest absolute Gasteiger partial charge is 0.867 e. The molecule has 96 valence electrons. The number of nitrogens with zero attached hydrogens (tertiary/aromatic N) is 2. The van der Waals surface area contributed by atoms with Gasteiger partial charge in [0.25, 0.3) is 5.69 Å². The van der Waals surface area contributed by atoms with Gasteiger partial charge >= 0.3 is 0 Å². The van der Waals surface area contributed by atoms with E-state index in [1.165, 1.54) is 24.4 Å². The first-order chi connectivity index (χ1) is 9.08. The normalized spacial score (nSPS) is 10.8. The zero-order valence-electron chi connectivity index (χ0n) is 9.62. The summed E-state index contributed by atoms with van der Waals surface area (Å²) < 4.78 is 1.08. The average molecular weight is 367 g/mol. The third-order valence-corrected chi connectivity index (χ3v) is 3.12. The number of aliphatic imine (C=N–C) groups is 1. The molecule has 0 aliphatic heterocycles. The monoisotopic (exact) mass is 367 g/mol. The molecule has 0 amide bonds. The molecule has 19 heavy (non-hydrogen) atoms. The second-order valence-corrected chi connectivity index (χ2v) is 4.93. The molecule has 2 aromatic carbocycles. The molecule has 0 saturated heterocycles. The van der Waals surface area contributed by atoms with E-state index in [-0.39, 0.29) is 5.56 Å². The third-order valence-electron chi connectivity index (χ3n) is 2.40. The lowest BCUT2D eigenvalue weighted by Gasteiger charge is -2.09. The van der Waals surface area contributed by atoms with Crippen LogP contribution in [0.25, 0.3) is 0 Å². The summed E-state index contributed by atoms with van der Waals surface area (Å²) in [5.74, 6) is -0.623. The lowest BCUT2D eigenvalue weighted by atomic mass is 10.2. The van der Waals surface area contributed by atoms with E-state index in [9.17, 15) is 15.2 Å². The van der Waals surface area contributed by atoms with Crippen molar-refractivity contribution in [2.45, 2.75) is 0 Å². The van der Waals surface area contributed by atoms with Crippen molar-refractivity contribution >= 4 is 40.2 Å². The highest BCUT2D eigenvalue weighted by Crippen LogP contribution is 2.25. The fraction of sp³-hybridized carbons (Fsp3) is 0. The van der Waals surface area contributed by atoms with Gasteiger partial charge in [-0.2, -0.15) is 0 Å². The summed E-state index contributed by atoms with van der Waals surface area (Å²) in [6.07, 6.45) is 1.34. The van der Waals surface area contributed by atoms with Gasteiger partial charge in [0.15, 0.2) is 0 Å². The molecule has 0 atom stereocenters. The molecule has 0 aliphatic carbocycles. The summed E-state index contributed by atoms with van der Waals surface area (Å²) in [6.45, 7) is 0. The minimum Gasteiger partial charge on any atom is -0.867 e. The molecule has 6 heteroatoms. The number of nitro groups is 1. The summed E-state index contributed by atoms with van der Waals surface area (Å²) in [6, 6.07) is 11.5. The molecule has 0 saturated carbocycles. The van der Waals surface area contributed by atoms with Crippen molar-refractivity contribution in [2.75, 3.05) is 0 Å². The van der Waals surface area contributed by atoms with Gasteiger partial charge in [-0.1, -0.05) is 12.1 Å². The zero-order valence-corrected chi connectivity index (χ0v) is 11.8. The SMILES string of the molecule is O=[N+]([O-])c1cccc(C=Nc2ccc(I)cc2)c1[O-]. The fourth-order valence-corrected chi connectivity index (χ4v) is 1.82. The Hall–Kier alpha value is -1.96. The highest BCUT2D eigenvalue weighted by atomic mass is 127. The molecule has 0 heterocycles. The number of benzene rings is 2. The average Bonchev–Trinajstić information content (AvgIpc) is 2.39. The van der Waals surface area contributed by atoms with Gasteiger partial charge in [-0.25, -0.2) is 0 Å². The Morgan fingerprint density at radius 3 is 2.47 bits per heavy atom. The number of rotatable bonds is 3. The smallest absolute Gasteiger partial charge is 0.262 e. The molecule has 0 unspecified atom stereocenters. The van der Waals surface area contributed by atoms with Crippen molar-refractivity contribution in [3.63, 3.8) is 0 Å². The Morgan fingerprint density at radius 1 is 1.16 bits per heavy atom. The van der Waals surface area contributed by atoms with E-state index >= 15 is 0 Å². The van der Waals surface area contributed by atoms with Crippen LogP contribution in [0.5, 0.6) is 5.75 Å². The molecule has 2 rings (SSSR count). The Kier molecular flexibility index (Phi) is 4.10. The van der Waals surface area contributed by atoms with Crippen molar-refractivity contribution < 1.29 is 10.0 Å². The quantitative estimate of drug-likeness (QED) is 0.362. The summed E-state index contributed by atoms with van der Waals surface area (Å²) in [5, 5.41) is 22.4. The maximum atomic E-state index is 11.8. The third kappa shape index (κ3) is 3.28. The molecular formula is C13H8IN2O3-. The molecule has 0 aliphatic rings. The molecule has 0 radical (unpaired) electrons. The van der Waals surface area contributed by atoms with Gasteiger partial charge in [-0.15, -0.1) is 0 Å². The minimum atomic E-state index is -0.690. The van der Waals surface area contributed by atoms with Crippen LogP contribution in [0.4, 0.5) is 11.4 Å². The van der Waals surface area contributed by atoms with Gasteiger partial charge in [0.2, 0.25) is 0 Å². The Bertz CT molecular complexity index is 639. The summed E-state index contributed by atoms with van der Waals surface area (Å²) in [7, 11) is 0. The van der Waals surface area contributed by atoms with Gasteiger partial charge in [-0.3, -0.25) is 15.1 Å². The van der Waals surface area contributed by atoms with Crippen LogP contribution >= 0.6 is 22.6 Å². The van der Waals surface area contributed by atoms with Crippen molar-refractivity contribution in [1.82, 2.24) is 0 Å². The Balaban J connectivity index is 2.31. The van der Waals surface area contributed by atoms with E-state index in [2.05, 4.69) is 27.6 Å². The molecule has 0 bridgehead atoms. The van der Waals surface area contributed by atoms with Crippen molar-refractivity contribution in [2.24, 2.45) is 4.99 Å². The zero-order chi connectivity index (χ0) is 13.8. The molecule has 0 N–H and O–H groups in total. The lowest BCUT2D eigenvalue weighted by molar-refractivity contribution is -0.398. The topological polar surface area (TPSA) is 78.6 Å². The molecular weight excluding hydrogens is 359 g/mol. The number of nitro benzene ring substituents is 1. The highest BCUT2D eigenvalue weighted by molar-refractivity contribution is 14.1. The Morgan fingerprint density at radius 2 is 1.84 bits per heavy atom. The predicted molar refractivity (Wildman–Crippen MR) is 79.0 cm³/mol. The van der Waals surface area contributed by atoms with Crippen LogP contribution in [-0.4, -0.2) is 11.1 Å². The van der Waals surface area contributed by atoms with Crippen LogP contribution in [-0.2, 0) is 0 Å². The van der Waals surface area contributed by atoms with E-state index in [0.29, 0.717) is 5.69 Å². The van der Waals surface area contributed by atoms with E-state index in [1.807, 2.05) is 12.1 Å². The second-order valence-electron chi connectivity index (χ2n) is 3.69. The summed E-state index contributed by atoms with van der Waals surface area (Å²) in [4.78, 5) is 14.1. The molecule has 0 aromatic heterocycles. The van der Waals surface area contributed by atoms with E-state index in [1.54, 1.807) is 12.1 Å².